The van der Waals surface area contributed by atoms with Crippen molar-refractivity contribution in [3.05, 3.63) is 0 Å². The Hall–Kier alpha value is 0.270. The maximum absolute atomic E-state index is 5.21. The molecular weight excluding hydrogens is 148 g/mol. The quantitative estimate of drug-likeness (QED) is 0.447. The van der Waals surface area contributed by atoms with E-state index in [4.69, 9.17) is 9.47 Å². The summed E-state index contributed by atoms with van der Waals surface area (Å²) in [7, 11) is 1.73. The van der Waals surface area contributed by atoms with Gasteiger partial charge in [-0.1, -0.05) is 0 Å². The molecule has 1 unspecified atom stereocenters. The Bertz CT molecular complexity index is 102. The minimum Gasteiger partial charge on any atom is -0.384 e. The lowest BCUT2D eigenvalue weighted by molar-refractivity contribution is 0.218. The van der Waals surface area contributed by atoms with E-state index >= 15 is 0 Å². The summed E-state index contributed by atoms with van der Waals surface area (Å²) in [5, 5.41) is 0. The standard InChI is InChI=1S/C7H14O2S/c1-7(5-9-7)6-10-4-3-8-2/h3-6H2,1-2H3. The third-order valence-electron chi connectivity index (χ3n) is 1.48. The highest BCUT2D eigenvalue weighted by atomic mass is 32.2. The molecule has 10 heavy (non-hydrogen) atoms. The van der Waals surface area contributed by atoms with Crippen LogP contribution in [0.25, 0.3) is 0 Å². The molecule has 0 amide bonds. The predicted octanol–water partition coefficient (Wildman–Crippen LogP) is 1.15. The van der Waals surface area contributed by atoms with Crippen LogP contribution in [0.4, 0.5) is 0 Å². The van der Waals surface area contributed by atoms with Crippen molar-refractivity contribution < 1.29 is 9.47 Å². The normalized spacial score (nSPS) is 30.6. The number of hydrogen-bond donors (Lipinski definition) is 0. The van der Waals surface area contributed by atoms with Gasteiger partial charge in [-0.3, -0.25) is 0 Å². The highest BCUT2D eigenvalue weighted by Crippen LogP contribution is 2.29. The Morgan fingerprint density at radius 3 is 2.90 bits per heavy atom. The van der Waals surface area contributed by atoms with Crippen LogP contribution in [-0.2, 0) is 9.47 Å². The average Bonchev–Trinajstić information content (AvgIpc) is 2.62. The topological polar surface area (TPSA) is 21.8 Å². The number of thioether (sulfide) groups is 1. The molecule has 1 saturated heterocycles. The summed E-state index contributed by atoms with van der Waals surface area (Å²) in [5.41, 5.74) is 0.207. The molecule has 1 aliphatic rings. The van der Waals surface area contributed by atoms with Crippen LogP contribution in [0.1, 0.15) is 6.92 Å². The molecule has 0 aromatic carbocycles. The Morgan fingerprint density at radius 1 is 1.70 bits per heavy atom. The van der Waals surface area contributed by atoms with Gasteiger partial charge in [0.1, 0.15) is 0 Å². The van der Waals surface area contributed by atoms with Gasteiger partial charge >= 0.3 is 0 Å². The molecule has 0 N–H and O–H groups in total. The SMILES string of the molecule is COCCSCC1(C)CO1. The van der Waals surface area contributed by atoms with Gasteiger partial charge in [0.15, 0.2) is 0 Å². The average molecular weight is 162 g/mol. The van der Waals surface area contributed by atoms with E-state index in [9.17, 15) is 0 Å². The lowest BCUT2D eigenvalue weighted by Crippen LogP contribution is -2.09. The van der Waals surface area contributed by atoms with Crippen LogP contribution in [0, 0.1) is 0 Å². The van der Waals surface area contributed by atoms with E-state index in [0.717, 1.165) is 24.7 Å². The van der Waals surface area contributed by atoms with Crippen molar-refractivity contribution in [1.29, 1.82) is 0 Å². The molecule has 1 rings (SSSR count). The van der Waals surface area contributed by atoms with E-state index in [2.05, 4.69) is 6.92 Å². The van der Waals surface area contributed by atoms with Gasteiger partial charge in [-0.2, -0.15) is 11.8 Å². The summed E-state index contributed by atoms with van der Waals surface area (Å²) in [5.74, 6) is 2.19. The van der Waals surface area contributed by atoms with Crippen LogP contribution in [0.5, 0.6) is 0 Å². The predicted molar refractivity (Wildman–Crippen MR) is 43.6 cm³/mol. The van der Waals surface area contributed by atoms with Gasteiger partial charge in [0.25, 0.3) is 0 Å². The van der Waals surface area contributed by atoms with Gasteiger partial charge in [-0.15, -0.1) is 0 Å². The van der Waals surface area contributed by atoms with Crippen LogP contribution in [0.2, 0.25) is 0 Å². The van der Waals surface area contributed by atoms with Gasteiger partial charge in [0.05, 0.1) is 18.8 Å². The van der Waals surface area contributed by atoms with E-state index in [1.807, 2.05) is 11.8 Å². The third kappa shape index (κ3) is 2.90. The third-order valence-corrected chi connectivity index (χ3v) is 2.75. The molecule has 0 aromatic heterocycles. The van der Waals surface area contributed by atoms with Crippen molar-refractivity contribution >= 4 is 11.8 Å². The van der Waals surface area contributed by atoms with E-state index in [1.165, 1.54) is 0 Å². The van der Waals surface area contributed by atoms with Gasteiger partial charge in [0.2, 0.25) is 0 Å². The first-order chi connectivity index (χ1) is 4.77. The molecule has 0 saturated carbocycles. The second-order valence-corrected chi connectivity index (χ2v) is 3.89. The molecule has 0 radical (unpaired) electrons. The Labute approximate surface area is 66.3 Å². The Kier molecular flexibility index (Phi) is 3.01. The maximum Gasteiger partial charge on any atom is 0.0978 e. The molecular formula is C7H14O2S. The van der Waals surface area contributed by atoms with Gasteiger partial charge < -0.3 is 9.47 Å². The van der Waals surface area contributed by atoms with Crippen LogP contribution >= 0.6 is 11.8 Å². The van der Waals surface area contributed by atoms with Crippen molar-refractivity contribution in [2.45, 2.75) is 12.5 Å². The van der Waals surface area contributed by atoms with Crippen LogP contribution in [-0.4, -0.2) is 37.4 Å². The van der Waals surface area contributed by atoms with Gasteiger partial charge in [-0.05, 0) is 6.92 Å². The van der Waals surface area contributed by atoms with Crippen molar-refractivity contribution in [2.24, 2.45) is 0 Å². The molecule has 0 aliphatic carbocycles. The number of rotatable bonds is 5. The van der Waals surface area contributed by atoms with E-state index in [-0.39, 0.29) is 5.60 Å². The summed E-state index contributed by atoms with van der Waals surface area (Å²) in [6.45, 7) is 3.93. The van der Waals surface area contributed by atoms with Crippen molar-refractivity contribution in [1.82, 2.24) is 0 Å². The first kappa shape index (κ1) is 8.37. The first-order valence-electron chi connectivity index (χ1n) is 3.47. The summed E-state index contributed by atoms with van der Waals surface area (Å²) < 4.78 is 10.1. The zero-order valence-electron chi connectivity index (χ0n) is 6.55. The largest absolute Gasteiger partial charge is 0.384 e. The van der Waals surface area contributed by atoms with Gasteiger partial charge in [0, 0.05) is 18.6 Å². The number of methoxy groups -OCH3 is 1. The summed E-state index contributed by atoms with van der Waals surface area (Å²) >= 11 is 1.90. The molecule has 0 spiro atoms. The first-order valence-corrected chi connectivity index (χ1v) is 4.63. The summed E-state index contributed by atoms with van der Waals surface area (Å²) in [6.07, 6.45) is 0. The number of epoxide rings is 1. The Balaban J connectivity index is 1.86. The van der Waals surface area contributed by atoms with E-state index in [1.54, 1.807) is 7.11 Å². The highest BCUT2D eigenvalue weighted by molar-refractivity contribution is 7.99. The van der Waals surface area contributed by atoms with Crippen LogP contribution in [0.3, 0.4) is 0 Å². The number of ether oxygens (including phenoxy) is 2. The van der Waals surface area contributed by atoms with Crippen LogP contribution in [0.15, 0.2) is 0 Å². The smallest absolute Gasteiger partial charge is 0.0978 e. The fraction of sp³-hybridized carbons (Fsp3) is 1.00. The minimum atomic E-state index is 0.207. The number of hydrogen-bond acceptors (Lipinski definition) is 3. The zero-order chi connectivity index (χ0) is 7.45. The fourth-order valence-electron chi connectivity index (χ4n) is 0.637. The molecule has 2 nitrogen and oxygen atoms in total. The van der Waals surface area contributed by atoms with Crippen molar-refractivity contribution in [3.63, 3.8) is 0 Å². The summed E-state index contributed by atoms with van der Waals surface area (Å²) in [4.78, 5) is 0. The lowest BCUT2D eigenvalue weighted by Gasteiger charge is -2.02. The van der Waals surface area contributed by atoms with E-state index in [0.29, 0.717) is 0 Å². The van der Waals surface area contributed by atoms with Crippen molar-refractivity contribution in [2.75, 3.05) is 31.8 Å². The highest BCUT2D eigenvalue weighted by Gasteiger charge is 2.38. The van der Waals surface area contributed by atoms with Crippen LogP contribution < -0.4 is 0 Å². The molecule has 1 atom stereocenters. The molecule has 1 heterocycles. The molecule has 1 aliphatic heterocycles. The maximum atomic E-state index is 5.21. The molecule has 0 aromatic rings. The monoisotopic (exact) mass is 162 g/mol. The second kappa shape index (κ2) is 3.60. The van der Waals surface area contributed by atoms with Crippen molar-refractivity contribution in [3.8, 4) is 0 Å². The zero-order valence-corrected chi connectivity index (χ0v) is 7.37. The summed E-state index contributed by atoms with van der Waals surface area (Å²) in [6, 6.07) is 0. The van der Waals surface area contributed by atoms with E-state index < -0.39 is 0 Å². The molecule has 60 valence electrons. The fourth-order valence-corrected chi connectivity index (χ4v) is 1.66. The molecule has 3 heteroatoms. The lowest BCUT2D eigenvalue weighted by atomic mass is 10.3. The molecule has 0 bridgehead atoms. The second-order valence-electron chi connectivity index (χ2n) is 2.78. The molecule has 1 fully saturated rings. The Morgan fingerprint density at radius 2 is 2.40 bits per heavy atom. The van der Waals surface area contributed by atoms with Gasteiger partial charge in [-0.25, -0.2) is 0 Å². The minimum absolute atomic E-state index is 0.207.